The molecule has 6 N–H and O–H groups in total. The van der Waals surface area contributed by atoms with Gasteiger partial charge in [0.1, 0.15) is 23.9 Å². The number of carbonyl (C=O) groups excluding carboxylic acids is 2. The second kappa shape index (κ2) is 5.69. The van der Waals surface area contributed by atoms with Crippen molar-refractivity contribution in [2.75, 3.05) is 13.2 Å². The van der Waals surface area contributed by atoms with Crippen molar-refractivity contribution in [2.24, 2.45) is 22.7 Å². The zero-order chi connectivity index (χ0) is 22.0. The SMILES string of the molecule is CC1=CC(=O)[C@H](O)[C@]2(C)[C@@H]1C[C@@H]1OC(=O)[C@H](O)[C@@]3(O)[C@@]14CO[C@@]3(CO)[C@@H](O)[C@H](O)[C@H]24. The van der Waals surface area contributed by atoms with Gasteiger partial charge >= 0.3 is 5.97 Å². The van der Waals surface area contributed by atoms with Crippen LogP contribution in [0.1, 0.15) is 20.3 Å². The van der Waals surface area contributed by atoms with E-state index in [-0.39, 0.29) is 13.0 Å². The zero-order valence-electron chi connectivity index (χ0n) is 16.6. The third-order valence-electron chi connectivity index (χ3n) is 8.96. The fraction of sp³-hybridized carbons (Fsp3) is 0.800. The quantitative estimate of drug-likeness (QED) is 0.237. The fourth-order valence-corrected chi connectivity index (χ4v) is 7.64. The molecule has 11 atom stereocenters. The standard InChI is InChI=1S/C20H26O10/c1-7-3-9(22)13(24)17(2)8(7)4-10-18-6-29-19(5-21,14(25)11(23)12(17)18)20(18,28)15(26)16(27)30-10/h3,8,10-15,21,23-26,28H,4-6H2,1-2H3/t8-,10+,11-,12-,13+,14+,15+,17-,18+,19+,20-/m1/s1. The minimum Gasteiger partial charge on any atom is -0.460 e. The molecule has 2 saturated heterocycles. The number of aliphatic hydroxyl groups excluding tert-OH is 5. The molecule has 10 heteroatoms. The van der Waals surface area contributed by atoms with Crippen LogP contribution in [0.4, 0.5) is 0 Å². The largest absolute Gasteiger partial charge is 0.460 e. The number of fused-ring (bicyclic) bond motifs is 2. The third-order valence-corrected chi connectivity index (χ3v) is 8.96. The van der Waals surface area contributed by atoms with Crippen LogP contribution >= 0.6 is 0 Å². The Kier molecular flexibility index (Phi) is 3.89. The molecule has 166 valence electrons. The minimum atomic E-state index is -2.51. The van der Waals surface area contributed by atoms with Gasteiger partial charge in [0, 0.05) is 11.3 Å². The van der Waals surface area contributed by atoms with E-state index in [2.05, 4.69) is 0 Å². The minimum absolute atomic E-state index is 0.105. The highest BCUT2D eigenvalue weighted by atomic mass is 16.6. The van der Waals surface area contributed by atoms with Crippen LogP contribution in [-0.4, -0.2) is 97.3 Å². The van der Waals surface area contributed by atoms with Crippen LogP contribution < -0.4 is 0 Å². The molecule has 3 aliphatic carbocycles. The number of hydrogen-bond donors (Lipinski definition) is 6. The van der Waals surface area contributed by atoms with Gasteiger partial charge in [0.15, 0.2) is 17.5 Å². The molecular formula is C20H26O10. The number of aliphatic hydroxyl groups is 6. The zero-order valence-corrected chi connectivity index (χ0v) is 16.6. The van der Waals surface area contributed by atoms with Gasteiger partial charge in [0.2, 0.25) is 0 Å². The van der Waals surface area contributed by atoms with E-state index < -0.39 is 82.7 Å². The van der Waals surface area contributed by atoms with Crippen molar-refractivity contribution in [3.8, 4) is 0 Å². The molecule has 2 aliphatic heterocycles. The van der Waals surface area contributed by atoms with Gasteiger partial charge in [-0.3, -0.25) is 4.79 Å². The second-order valence-corrected chi connectivity index (χ2v) is 9.73. The van der Waals surface area contributed by atoms with Crippen molar-refractivity contribution >= 4 is 11.8 Å². The lowest BCUT2D eigenvalue weighted by Gasteiger charge is -2.70. The third kappa shape index (κ3) is 1.72. The van der Waals surface area contributed by atoms with Crippen molar-refractivity contribution < 1.29 is 49.7 Å². The first-order chi connectivity index (χ1) is 13.9. The lowest BCUT2D eigenvalue weighted by Crippen LogP contribution is -2.87. The van der Waals surface area contributed by atoms with Crippen LogP contribution in [0.5, 0.6) is 0 Å². The maximum Gasteiger partial charge on any atom is 0.338 e. The Morgan fingerprint density at radius 1 is 1.17 bits per heavy atom. The van der Waals surface area contributed by atoms with E-state index in [9.17, 15) is 40.2 Å². The summed E-state index contributed by atoms with van der Waals surface area (Å²) in [5, 5.41) is 66.0. The Hall–Kier alpha value is -1.40. The highest BCUT2D eigenvalue weighted by Crippen LogP contribution is 2.73. The molecule has 0 unspecified atom stereocenters. The van der Waals surface area contributed by atoms with E-state index in [4.69, 9.17) is 9.47 Å². The molecule has 0 aromatic heterocycles. The highest BCUT2D eigenvalue weighted by Gasteiger charge is 2.89. The highest BCUT2D eigenvalue weighted by molar-refractivity contribution is 5.96. The summed E-state index contributed by atoms with van der Waals surface area (Å²) in [6, 6.07) is 0. The summed E-state index contributed by atoms with van der Waals surface area (Å²) < 4.78 is 11.2. The molecule has 0 amide bonds. The van der Waals surface area contributed by atoms with E-state index >= 15 is 0 Å². The lowest BCUT2D eigenvalue weighted by molar-refractivity contribution is -0.357. The van der Waals surface area contributed by atoms with Crippen LogP contribution in [0.25, 0.3) is 0 Å². The summed E-state index contributed by atoms with van der Waals surface area (Å²) >= 11 is 0. The summed E-state index contributed by atoms with van der Waals surface area (Å²) in [5.74, 6) is -3.40. The average Bonchev–Trinajstić information content (AvgIpc) is 2.91. The van der Waals surface area contributed by atoms with Gasteiger partial charge in [-0.15, -0.1) is 0 Å². The molecule has 0 aromatic rings. The number of allylic oxidation sites excluding steroid dienone is 1. The fourth-order valence-electron chi connectivity index (χ4n) is 7.64. The number of esters is 1. The molecule has 4 fully saturated rings. The normalized spacial score (nSPS) is 59.2. The molecule has 30 heavy (non-hydrogen) atoms. The second-order valence-electron chi connectivity index (χ2n) is 9.73. The molecule has 2 saturated carbocycles. The lowest BCUT2D eigenvalue weighted by atomic mass is 9.36. The number of carbonyl (C=O) groups is 2. The van der Waals surface area contributed by atoms with Crippen molar-refractivity contribution in [3.63, 3.8) is 0 Å². The first-order valence-corrected chi connectivity index (χ1v) is 10.1. The summed E-state index contributed by atoms with van der Waals surface area (Å²) in [7, 11) is 0. The molecule has 0 radical (unpaired) electrons. The summed E-state index contributed by atoms with van der Waals surface area (Å²) in [5.41, 5.74) is -7.15. The summed E-state index contributed by atoms with van der Waals surface area (Å²) in [6.07, 6.45) is -6.90. The molecule has 2 heterocycles. The molecule has 5 rings (SSSR count). The predicted molar refractivity (Wildman–Crippen MR) is 95.5 cm³/mol. The van der Waals surface area contributed by atoms with Gasteiger partial charge in [0.25, 0.3) is 0 Å². The molecule has 2 bridgehead atoms. The van der Waals surface area contributed by atoms with E-state index in [0.29, 0.717) is 5.57 Å². The molecule has 0 aromatic carbocycles. The van der Waals surface area contributed by atoms with Gasteiger partial charge in [-0.2, -0.15) is 0 Å². The van der Waals surface area contributed by atoms with E-state index in [1.807, 2.05) is 0 Å². The van der Waals surface area contributed by atoms with Crippen molar-refractivity contribution in [1.82, 2.24) is 0 Å². The molecule has 5 aliphatic rings. The van der Waals surface area contributed by atoms with E-state index in [1.165, 1.54) is 6.08 Å². The predicted octanol–water partition coefficient (Wildman–Crippen LogP) is -2.98. The average molecular weight is 426 g/mol. The Balaban J connectivity index is 1.83. The topological polar surface area (TPSA) is 174 Å². The monoisotopic (exact) mass is 426 g/mol. The van der Waals surface area contributed by atoms with Gasteiger partial charge in [-0.25, -0.2) is 4.79 Å². The number of hydrogen-bond acceptors (Lipinski definition) is 10. The first kappa shape index (κ1) is 20.5. The van der Waals surface area contributed by atoms with Crippen molar-refractivity contribution in [3.05, 3.63) is 11.6 Å². The van der Waals surface area contributed by atoms with Crippen molar-refractivity contribution in [2.45, 2.75) is 62.0 Å². The van der Waals surface area contributed by atoms with Crippen molar-refractivity contribution in [1.29, 1.82) is 0 Å². The Bertz CT molecular complexity index is 872. The van der Waals surface area contributed by atoms with Gasteiger partial charge < -0.3 is 40.1 Å². The van der Waals surface area contributed by atoms with Gasteiger partial charge in [-0.05, 0) is 25.3 Å². The first-order valence-electron chi connectivity index (χ1n) is 10.1. The molecule has 1 spiro atoms. The Morgan fingerprint density at radius 2 is 1.83 bits per heavy atom. The van der Waals surface area contributed by atoms with Gasteiger partial charge in [0.05, 0.1) is 24.7 Å². The van der Waals surface area contributed by atoms with Gasteiger partial charge in [-0.1, -0.05) is 12.5 Å². The van der Waals surface area contributed by atoms with Crippen LogP contribution in [0, 0.1) is 22.7 Å². The molecule has 10 nitrogen and oxygen atoms in total. The van der Waals surface area contributed by atoms with Crippen LogP contribution in [-0.2, 0) is 19.1 Å². The van der Waals surface area contributed by atoms with E-state index in [0.717, 1.165) is 0 Å². The van der Waals surface area contributed by atoms with Crippen LogP contribution in [0.15, 0.2) is 11.6 Å². The Labute approximate surface area is 171 Å². The smallest absolute Gasteiger partial charge is 0.338 e. The number of rotatable bonds is 1. The van der Waals surface area contributed by atoms with Crippen LogP contribution in [0.3, 0.4) is 0 Å². The summed E-state index contributed by atoms with van der Waals surface area (Å²) in [4.78, 5) is 25.1. The Morgan fingerprint density at radius 3 is 2.47 bits per heavy atom. The summed E-state index contributed by atoms with van der Waals surface area (Å²) in [6.45, 7) is 1.96. The van der Waals surface area contributed by atoms with E-state index in [1.54, 1.807) is 13.8 Å². The maximum atomic E-state index is 12.6. The molecular weight excluding hydrogens is 400 g/mol. The number of ether oxygens (including phenoxy) is 2. The van der Waals surface area contributed by atoms with Crippen LogP contribution in [0.2, 0.25) is 0 Å². The maximum absolute atomic E-state index is 12.6. The number of ketones is 1.